The first kappa shape index (κ1) is 20.7. The molecule has 1 spiro atoms. The number of hydrogen-bond donors (Lipinski definition) is 1. The van der Waals surface area contributed by atoms with Crippen LogP contribution < -0.4 is 0 Å². The lowest BCUT2D eigenvalue weighted by Crippen LogP contribution is -2.59. The highest BCUT2D eigenvalue weighted by molar-refractivity contribution is 5.76. The van der Waals surface area contributed by atoms with Crippen LogP contribution in [0, 0.1) is 11.3 Å². The molecular weight excluding hydrogens is 316 g/mol. The lowest BCUT2D eigenvalue weighted by molar-refractivity contribution is -0.141. The predicted octanol–water partition coefficient (Wildman–Crippen LogP) is 2.52. The number of aliphatic hydroxyl groups excluding tert-OH is 1. The zero-order valence-electron chi connectivity index (χ0n) is 16.5. The molecule has 2 aliphatic rings. The standard InChI is InChI=1S/C20H38N2O3/c1-17(2)7-8-19(24)22-12-6-10-20(16-22)15-21(13-9-18(20)23)11-4-5-14-25-3/h17-18,23H,4-16H2,1-3H3/t18-,20-/m1/s1. The third-order valence-corrected chi connectivity index (χ3v) is 5.93. The summed E-state index contributed by atoms with van der Waals surface area (Å²) in [6.45, 7) is 9.71. The fourth-order valence-corrected chi connectivity index (χ4v) is 4.36. The van der Waals surface area contributed by atoms with Crippen LogP contribution in [0.3, 0.4) is 0 Å². The van der Waals surface area contributed by atoms with E-state index < -0.39 is 0 Å². The maximum atomic E-state index is 12.6. The van der Waals surface area contributed by atoms with Crippen molar-refractivity contribution in [2.45, 2.75) is 64.9 Å². The van der Waals surface area contributed by atoms with Gasteiger partial charge in [-0.05, 0) is 51.0 Å². The molecule has 1 amide bonds. The third kappa shape index (κ3) is 5.93. The second-order valence-corrected chi connectivity index (χ2v) is 8.49. The van der Waals surface area contributed by atoms with E-state index in [1.165, 1.54) is 0 Å². The zero-order chi connectivity index (χ0) is 18.3. The first-order valence-corrected chi connectivity index (χ1v) is 10.1. The number of piperidine rings is 2. The van der Waals surface area contributed by atoms with E-state index >= 15 is 0 Å². The maximum Gasteiger partial charge on any atom is 0.222 e. The summed E-state index contributed by atoms with van der Waals surface area (Å²) in [7, 11) is 1.75. The highest BCUT2D eigenvalue weighted by atomic mass is 16.5. The second-order valence-electron chi connectivity index (χ2n) is 8.49. The number of methoxy groups -OCH3 is 1. The number of hydrogen-bond acceptors (Lipinski definition) is 4. The summed E-state index contributed by atoms with van der Waals surface area (Å²) in [5.41, 5.74) is -0.120. The van der Waals surface area contributed by atoms with E-state index in [1.54, 1.807) is 7.11 Å². The van der Waals surface area contributed by atoms with Crippen molar-refractivity contribution in [2.75, 3.05) is 46.4 Å². The predicted molar refractivity (Wildman–Crippen MR) is 100 cm³/mol. The Morgan fingerprint density at radius 2 is 2.08 bits per heavy atom. The van der Waals surface area contributed by atoms with Crippen LogP contribution in [0.25, 0.3) is 0 Å². The van der Waals surface area contributed by atoms with Crippen LogP contribution in [-0.2, 0) is 9.53 Å². The summed E-state index contributed by atoms with van der Waals surface area (Å²) in [6.07, 6.45) is 6.43. The minimum atomic E-state index is -0.275. The van der Waals surface area contributed by atoms with Gasteiger partial charge in [-0.15, -0.1) is 0 Å². The molecule has 0 aromatic heterocycles. The molecule has 1 N–H and O–H groups in total. The summed E-state index contributed by atoms with van der Waals surface area (Å²) >= 11 is 0. The molecule has 0 bridgehead atoms. The summed E-state index contributed by atoms with van der Waals surface area (Å²) in [5.74, 6) is 0.836. The SMILES string of the molecule is COCCCCN1CC[C@@H](O)[C@]2(CCCN(C(=O)CCC(C)C)C2)C1. The monoisotopic (exact) mass is 354 g/mol. The van der Waals surface area contributed by atoms with Gasteiger partial charge in [0, 0.05) is 51.7 Å². The van der Waals surface area contributed by atoms with Crippen molar-refractivity contribution in [2.24, 2.45) is 11.3 Å². The maximum absolute atomic E-state index is 12.6. The van der Waals surface area contributed by atoms with Crippen molar-refractivity contribution < 1.29 is 14.6 Å². The Bertz CT molecular complexity index is 416. The van der Waals surface area contributed by atoms with Gasteiger partial charge in [-0.1, -0.05) is 13.8 Å². The van der Waals surface area contributed by atoms with Crippen LogP contribution in [0.2, 0.25) is 0 Å². The van der Waals surface area contributed by atoms with Crippen LogP contribution in [0.5, 0.6) is 0 Å². The molecule has 2 saturated heterocycles. The lowest BCUT2D eigenvalue weighted by atomic mass is 9.71. The topological polar surface area (TPSA) is 53.0 Å². The molecule has 2 fully saturated rings. The molecule has 0 unspecified atom stereocenters. The smallest absolute Gasteiger partial charge is 0.222 e. The Morgan fingerprint density at radius 3 is 2.80 bits per heavy atom. The van der Waals surface area contributed by atoms with Crippen LogP contribution >= 0.6 is 0 Å². The number of likely N-dealkylation sites (tertiary alicyclic amines) is 2. The summed E-state index contributed by atoms with van der Waals surface area (Å²) < 4.78 is 5.14. The van der Waals surface area contributed by atoms with E-state index in [0.717, 1.165) is 77.9 Å². The van der Waals surface area contributed by atoms with E-state index in [-0.39, 0.29) is 17.4 Å². The average molecular weight is 355 g/mol. The van der Waals surface area contributed by atoms with E-state index in [2.05, 4.69) is 18.7 Å². The Morgan fingerprint density at radius 1 is 1.28 bits per heavy atom. The first-order chi connectivity index (χ1) is 12.0. The number of amides is 1. The number of nitrogens with zero attached hydrogens (tertiary/aromatic N) is 2. The number of carbonyl (C=O) groups is 1. The molecule has 5 nitrogen and oxygen atoms in total. The molecule has 0 saturated carbocycles. The van der Waals surface area contributed by atoms with Crippen molar-refractivity contribution in [3.05, 3.63) is 0 Å². The molecule has 25 heavy (non-hydrogen) atoms. The highest BCUT2D eigenvalue weighted by Gasteiger charge is 2.46. The quantitative estimate of drug-likeness (QED) is 0.681. The number of carbonyl (C=O) groups excluding carboxylic acids is 1. The Balaban J connectivity index is 1.91. The third-order valence-electron chi connectivity index (χ3n) is 5.93. The number of aliphatic hydroxyl groups is 1. The van der Waals surface area contributed by atoms with Crippen LogP contribution in [-0.4, -0.2) is 73.4 Å². The van der Waals surface area contributed by atoms with Crippen LogP contribution in [0.1, 0.15) is 58.8 Å². The molecule has 0 aliphatic carbocycles. The highest BCUT2D eigenvalue weighted by Crippen LogP contribution is 2.39. The van der Waals surface area contributed by atoms with Gasteiger partial charge in [0.15, 0.2) is 0 Å². The van der Waals surface area contributed by atoms with E-state index in [1.807, 2.05) is 4.90 Å². The van der Waals surface area contributed by atoms with Gasteiger partial charge in [-0.2, -0.15) is 0 Å². The normalized spacial score (nSPS) is 28.0. The minimum absolute atomic E-state index is 0.120. The van der Waals surface area contributed by atoms with Gasteiger partial charge >= 0.3 is 0 Å². The fourth-order valence-electron chi connectivity index (χ4n) is 4.36. The molecule has 2 rings (SSSR count). The van der Waals surface area contributed by atoms with Crippen molar-refractivity contribution in [3.63, 3.8) is 0 Å². The van der Waals surface area contributed by atoms with E-state index in [0.29, 0.717) is 12.3 Å². The van der Waals surface area contributed by atoms with Gasteiger partial charge in [0.05, 0.1) is 6.10 Å². The minimum Gasteiger partial charge on any atom is -0.392 e. The zero-order valence-corrected chi connectivity index (χ0v) is 16.5. The number of unbranched alkanes of at least 4 members (excludes halogenated alkanes) is 1. The Kier molecular flexibility index (Phi) is 8.17. The van der Waals surface area contributed by atoms with Crippen LogP contribution in [0.4, 0.5) is 0 Å². The van der Waals surface area contributed by atoms with Crippen molar-refractivity contribution >= 4 is 5.91 Å². The summed E-state index contributed by atoms with van der Waals surface area (Å²) in [6, 6.07) is 0. The van der Waals surface area contributed by atoms with Gasteiger partial charge in [-0.25, -0.2) is 0 Å². The molecule has 2 aliphatic heterocycles. The van der Waals surface area contributed by atoms with Crippen molar-refractivity contribution in [3.8, 4) is 0 Å². The molecule has 5 heteroatoms. The van der Waals surface area contributed by atoms with E-state index in [4.69, 9.17) is 4.74 Å². The van der Waals surface area contributed by atoms with Crippen molar-refractivity contribution in [1.29, 1.82) is 0 Å². The Hall–Kier alpha value is -0.650. The van der Waals surface area contributed by atoms with Gasteiger partial charge in [0.1, 0.15) is 0 Å². The van der Waals surface area contributed by atoms with Gasteiger partial charge in [0.2, 0.25) is 5.91 Å². The number of rotatable bonds is 8. The van der Waals surface area contributed by atoms with Gasteiger partial charge in [-0.3, -0.25) is 4.79 Å². The summed E-state index contributed by atoms with van der Waals surface area (Å²) in [5, 5.41) is 10.7. The lowest BCUT2D eigenvalue weighted by Gasteiger charge is -2.51. The summed E-state index contributed by atoms with van der Waals surface area (Å²) in [4.78, 5) is 17.1. The van der Waals surface area contributed by atoms with Crippen LogP contribution in [0.15, 0.2) is 0 Å². The van der Waals surface area contributed by atoms with Gasteiger partial charge < -0.3 is 19.6 Å². The first-order valence-electron chi connectivity index (χ1n) is 10.1. The fraction of sp³-hybridized carbons (Fsp3) is 0.950. The number of ether oxygens (including phenoxy) is 1. The molecule has 0 aromatic carbocycles. The largest absolute Gasteiger partial charge is 0.392 e. The average Bonchev–Trinajstić information content (AvgIpc) is 2.60. The molecule has 0 radical (unpaired) electrons. The van der Waals surface area contributed by atoms with Crippen molar-refractivity contribution in [1.82, 2.24) is 9.80 Å². The molecule has 2 atom stereocenters. The molecule has 2 heterocycles. The molecule has 0 aromatic rings. The Labute approximate surface area is 153 Å². The molecular formula is C20H38N2O3. The second kappa shape index (κ2) is 9.89. The molecule has 146 valence electrons. The van der Waals surface area contributed by atoms with E-state index in [9.17, 15) is 9.90 Å². The van der Waals surface area contributed by atoms with Gasteiger partial charge in [0.25, 0.3) is 0 Å².